The molecule has 0 radical (unpaired) electrons. The smallest absolute Gasteiger partial charge is 0.233 e. The third-order valence-corrected chi connectivity index (χ3v) is 5.64. The fourth-order valence-corrected chi connectivity index (χ4v) is 4.02. The molecule has 2 heterocycles. The Hall–Kier alpha value is -2.06. The number of rotatable bonds is 8. The molecular formula is C19H26N4O3S. The van der Waals surface area contributed by atoms with E-state index in [2.05, 4.69) is 10.2 Å². The standard InChI is InChI=1S/C19H26N4O3S/c1-3-22(4-2)17(25)13-27-19-21-20-18(14-7-9-15(24)10-8-14)23(19)12-16-6-5-11-26-16/h7-10,16,24H,3-6,11-13H2,1-2H3/t16-/m0/s1. The van der Waals surface area contributed by atoms with Crippen LogP contribution in [0.25, 0.3) is 11.4 Å². The van der Waals surface area contributed by atoms with Gasteiger partial charge in [-0.25, -0.2) is 0 Å². The number of hydrogen-bond donors (Lipinski definition) is 1. The van der Waals surface area contributed by atoms with Crippen molar-refractivity contribution in [3.05, 3.63) is 24.3 Å². The lowest BCUT2D eigenvalue weighted by Gasteiger charge is -2.18. The maximum Gasteiger partial charge on any atom is 0.233 e. The predicted molar refractivity (Wildman–Crippen MR) is 105 cm³/mol. The van der Waals surface area contributed by atoms with Crippen LogP contribution in [0.1, 0.15) is 26.7 Å². The summed E-state index contributed by atoms with van der Waals surface area (Å²) in [6, 6.07) is 6.91. The molecule has 1 fully saturated rings. The third kappa shape index (κ3) is 4.81. The summed E-state index contributed by atoms with van der Waals surface area (Å²) in [6.45, 7) is 6.81. The number of carbonyl (C=O) groups excluding carboxylic acids is 1. The van der Waals surface area contributed by atoms with Crippen molar-refractivity contribution in [3.63, 3.8) is 0 Å². The van der Waals surface area contributed by atoms with Crippen molar-refractivity contribution in [2.24, 2.45) is 0 Å². The fraction of sp³-hybridized carbons (Fsp3) is 0.526. The number of amides is 1. The average molecular weight is 391 g/mol. The summed E-state index contributed by atoms with van der Waals surface area (Å²) in [6.07, 6.45) is 2.20. The largest absolute Gasteiger partial charge is 0.508 e. The number of carbonyl (C=O) groups is 1. The van der Waals surface area contributed by atoms with Crippen molar-refractivity contribution >= 4 is 17.7 Å². The van der Waals surface area contributed by atoms with Crippen LogP contribution in [0.5, 0.6) is 5.75 Å². The summed E-state index contributed by atoms with van der Waals surface area (Å²) in [7, 11) is 0. The fourth-order valence-electron chi connectivity index (χ4n) is 3.17. The monoisotopic (exact) mass is 390 g/mol. The Labute approximate surface area is 163 Å². The molecule has 0 aliphatic carbocycles. The van der Waals surface area contributed by atoms with Gasteiger partial charge in [0.15, 0.2) is 11.0 Å². The number of aromatic hydroxyl groups is 1. The third-order valence-electron chi connectivity index (χ3n) is 4.69. The Balaban J connectivity index is 1.82. The lowest BCUT2D eigenvalue weighted by molar-refractivity contribution is -0.127. The number of phenolic OH excluding ortho intramolecular Hbond substituents is 1. The van der Waals surface area contributed by atoms with E-state index in [1.807, 2.05) is 35.4 Å². The molecule has 0 saturated carbocycles. The van der Waals surface area contributed by atoms with Crippen molar-refractivity contribution < 1.29 is 14.6 Å². The Morgan fingerprint density at radius 3 is 2.67 bits per heavy atom. The van der Waals surface area contributed by atoms with E-state index >= 15 is 0 Å². The molecule has 1 amide bonds. The highest BCUT2D eigenvalue weighted by Gasteiger charge is 2.22. The van der Waals surface area contributed by atoms with Crippen LogP contribution in [0.4, 0.5) is 0 Å². The Kier molecular flexibility index (Phi) is 6.73. The summed E-state index contributed by atoms with van der Waals surface area (Å²) < 4.78 is 7.82. The second-order valence-corrected chi connectivity index (χ2v) is 7.40. The van der Waals surface area contributed by atoms with Crippen LogP contribution in [0.2, 0.25) is 0 Å². The van der Waals surface area contributed by atoms with Crippen LogP contribution in [0.3, 0.4) is 0 Å². The Morgan fingerprint density at radius 2 is 2.04 bits per heavy atom. The molecule has 7 nitrogen and oxygen atoms in total. The molecule has 1 aromatic carbocycles. The maximum atomic E-state index is 12.3. The van der Waals surface area contributed by atoms with E-state index in [-0.39, 0.29) is 17.8 Å². The van der Waals surface area contributed by atoms with Crippen LogP contribution in [0.15, 0.2) is 29.4 Å². The van der Waals surface area contributed by atoms with Crippen molar-refractivity contribution in [1.29, 1.82) is 0 Å². The number of ether oxygens (including phenoxy) is 1. The van der Waals surface area contributed by atoms with Crippen LogP contribution in [-0.2, 0) is 16.1 Å². The first-order chi connectivity index (χ1) is 13.1. The van der Waals surface area contributed by atoms with Gasteiger partial charge in [0, 0.05) is 25.3 Å². The predicted octanol–water partition coefficient (Wildman–Crippen LogP) is 2.79. The van der Waals surface area contributed by atoms with Gasteiger partial charge in [-0.2, -0.15) is 0 Å². The molecule has 2 aromatic rings. The molecule has 0 bridgehead atoms. The zero-order valence-corrected chi connectivity index (χ0v) is 16.6. The van der Waals surface area contributed by atoms with Gasteiger partial charge in [-0.15, -0.1) is 10.2 Å². The van der Waals surface area contributed by atoms with E-state index in [0.717, 1.165) is 30.8 Å². The van der Waals surface area contributed by atoms with Crippen LogP contribution >= 0.6 is 11.8 Å². The van der Waals surface area contributed by atoms with Gasteiger partial charge in [-0.3, -0.25) is 9.36 Å². The minimum atomic E-state index is 0.0999. The maximum absolute atomic E-state index is 12.3. The zero-order valence-electron chi connectivity index (χ0n) is 15.8. The summed E-state index contributed by atoms with van der Waals surface area (Å²) in [5, 5.41) is 18.9. The van der Waals surface area contributed by atoms with Gasteiger partial charge in [0.25, 0.3) is 0 Å². The molecule has 0 unspecified atom stereocenters. The first-order valence-corrected chi connectivity index (χ1v) is 10.4. The topological polar surface area (TPSA) is 80.5 Å². The van der Waals surface area contributed by atoms with Crippen molar-refractivity contribution in [1.82, 2.24) is 19.7 Å². The quantitative estimate of drug-likeness (QED) is 0.698. The zero-order chi connectivity index (χ0) is 19.2. The highest BCUT2D eigenvalue weighted by Crippen LogP contribution is 2.27. The lowest BCUT2D eigenvalue weighted by Crippen LogP contribution is -2.32. The highest BCUT2D eigenvalue weighted by molar-refractivity contribution is 7.99. The Morgan fingerprint density at radius 1 is 1.30 bits per heavy atom. The first kappa shape index (κ1) is 19.7. The molecule has 1 aliphatic rings. The number of benzene rings is 1. The Bertz CT molecular complexity index is 753. The van der Waals surface area contributed by atoms with E-state index in [1.165, 1.54) is 11.8 Å². The molecule has 3 rings (SSSR count). The number of hydrogen-bond acceptors (Lipinski definition) is 6. The number of phenols is 1. The van der Waals surface area contributed by atoms with Crippen LogP contribution in [0, 0.1) is 0 Å². The van der Waals surface area contributed by atoms with Gasteiger partial charge in [-0.1, -0.05) is 11.8 Å². The molecule has 0 spiro atoms. The summed E-state index contributed by atoms with van der Waals surface area (Å²) in [4.78, 5) is 14.2. The second-order valence-electron chi connectivity index (χ2n) is 6.45. The minimum Gasteiger partial charge on any atom is -0.508 e. The number of thioether (sulfide) groups is 1. The average Bonchev–Trinajstić information content (AvgIpc) is 3.32. The van der Waals surface area contributed by atoms with E-state index in [1.54, 1.807) is 12.1 Å². The first-order valence-electron chi connectivity index (χ1n) is 9.37. The van der Waals surface area contributed by atoms with E-state index in [0.29, 0.717) is 30.5 Å². The van der Waals surface area contributed by atoms with Crippen molar-refractivity contribution in [2.75, 3.05) is 25.4 Å². The normalized spacial score (nSPS) is 16.6. The summed E-state index contributed by atoms with van der Waals surface area (Å²) in [5.41, 5.74) is 0.875. The van der Waals surface area contributed by atoms with Crippen LogP contribution < -0.4 is 0 Å². The molecule has 1 N–H and O–H groups in total. The molecule has 146 valence electrons. The SMILES string of the molecule is CCN(CC)C(=O)CSc1nnc(-c2ccc(O)cc2)n1C[C@@H]1CCCO1. The number of aromatic nitrogens is 3. The molecule has 27 heavy (non-hydrogen) atoms. The van der Waals surface area contributed by atoms with Gasteiger partial charge in [0.1, 0.15) is 5.75 Å². The second kappa shape index (κ2) is 9.23. The van der Waals surface area contributed by atoms with E-state index in [4.69, 9.17) is 4.74 Å². The summed E-state index contributed by atoms with van der Waals surface area (Å²) >= 11 is 1.41. The van der Waals surface area contributed by atoms with Crippen molar-refractivity contribution in [3.8, 4) is 17.1 Å². The van der Waals surface area contributed by atoms with Gasteiger partial charge in [0.05, 0.1) is 18.4 Å². The van der Waals surface area contributed by atoms with E-state index < -0.39 is 0 Å². The lowest BCUT2D eigenvalue weighted by atomic mass is 10.2. The minimum absolute atomic E-state index is 0.0999. The van der Waals surface area contributed by atoms with E-state index in [9.17, 15) is 9.90 Å². The molecule has 1 saturated heterocycles. The molecule has 1 aliphatic heterocycles. The number of nitrogens with zero attached hydrogens (tertiary/aromatic N) is 4. The summed E-state index contributed by atoms with van der Waals surface area (Å²) in [5.74, 6) is 1.37. The van der Waals surface area contributed by atoms with Gasteiger partial charge in [-0.05, 0) is 51.0 Å². The van der Waals surface area contributed by atoms with Crippen molar-refractivity contribution in [2.45, 2.75) is 44.5 Å². The molecule has 1 aromatic heterocycles. The van der Waals surface area contributed by atoms with Gasteiger partial charge in [0.2, 0.25) is 5.91 Å². The molecule has 1 atom stereocenters. The highest BCUT2D eigenvalue weighted by atomic mass is 32.2. The molecular weight excluding hydrogens is 364 g/mol. The van der Waals surface area contributed by atoms with Gasteiger partial charge < -0.3 is 14.7 Å². The van der Waals surface area contributed by atoms with Gasteiger partial charge >= 0.3 is 0 Å². The molecule has 8 heteroatoms. The van der Waals surface area contributed by atoms with Crippen LogP contribution in [-0.4, -0.2) is 62.2 Å².